The van der Waals surface area contributed by atoms with Crippen LogP contribution in [0.5, 0.6) is 0 Å². The van der Waals surface area contributed by atoms with E-state index >= 15 is 0 Å². The van der Waals surface area contributed by atoms with Gasteiger partial charge in [-0.25, -0.2) is 9.78 Å². The van der Waals surface area contributed by atoms with E-state index in [0.717, 1.165) is 10.6 Å². The first-order valence-corrected chi connectivity index (χ1v) is 8.13. The second kappa shape index (κ2) is 6.89. The van der Waals surface area contributed by atoms with Crippen molar-refractivity contribution in [2.45, 2.75) is 12.5 Å². The number of rotatable bonds is 4. The molecule has 1 amide bonds. The largest absolute Gasteiger partial charge is 0.480 e. The fourth-order valence-electron chi connectivity index (χ4n) is 2.46. The Morgan fingerprint density at radius 2 is 2.13 bits per heavy atom. The summed E-state index contributed by atoms with van der Waals surface area (Å²) in [5.74, 6) is -1.41. The molecule has 1 saturated heterocycles. The fraction of sp³-hybridized carbons (Fsp3) is 0.312. The van der Waals surface area contributed by atoms with Crippen LogP contribution < -0.4 is 0 Å². The number of carbonyl (C=O) groups is 2. The molecule has 120 valence electrons. The second-order valence-corrected chi connectivity index (χ2v) is 6.16. The van der Waals surface area contributed by atoms with Gasteiger partial charge in [0.2, 0.25) is 0 Å². The van der Waals surface area contributed by atoms with Gasteiger partial charge in [-0.3, -0.25) is 4.79 Å². The van der Waals surface area contributed by atoms with Crippen LogP contribution in [0, 0.1) is 0 Å². The number of benzene rings is 1. The van der Waals surface area contributed by atoms with Gasteiger partial charge in [0.15, 0.2) is 6.04 Å². The van der Waals surface area contributed by atoms with Crippen LogP contribution in [-0.4, -0.2) is 52.7 Å². The molecule has 3 rings (SSSR count). The normalized spacial score (nSPS) is 17.9. The lowest BCUT2D eigenvalue weighted by molar-refractivity contribution is -0.147. The minimum Gasteiger partial charge on any atom is -0.480 e. The number of aromatic nitrogens is 1. The van der Waals surface area contributed by atoms with E-state index in [2.05, 4.69) is 4.98 Å². The summed E-state index contributed by atoms with van der Waals surface area (Å²) in [6.45, 7) is 0.625. The minimum absolute atomic E-state index is 0.0160. The Hall–Kier alpha value is -2.25. The Balaban J connectivity index is 1.74. The van der Waals surface area contributed by atoms with Gasteiger partial charge in [-0.2, -0.15) is 0 Å². The summed E-state index contributed by atoms with van der Waals surface area (Å²) in [6.07, 6.45) is 0.657. The molecule has 0 radical (unpaired) electrons. The van der Waals surface area contributed by atoms with Crippen molar-refractivity contribution in [2.75, 3.05) is 19.8 Å². The first kappa shape index (κ1) is 15.6. The number of hydrogen-bond donors (Lipinski definition) is 1. The van der Waals surface area contributed by atoms with E-state index in [1.54, 1.807) is 5.38 Å². The molecule has 1 fully saturated rings. The molecule has 1 aliphatic rings. The Morgan fingerprint density at radius 1 is 1.35 bits per heavy atom. The van der Waals surface area contributed by atoms with E-state index in [1.807, 2.05) is 30.3 Å². The van der Waals surface area contributed by atoms with Crippen LogP contribution in [0.25, 0.3) is 0 Å². The Bertz CT molecular complexity index is 701. The van der Waals surface area contributed by atoms with E-state index in [0.29, 0.717) is 18.7 Å². The third-order valence-corrected chi connectivity index (χ3v) is 4.49. The molecular formula is C16H16N2O4S. The smallest absolute Gasteiger partial charge is 0.328 e. The number of aliphatic carboxylic acids is 1. The van der Waals surface area contributed by atoms with Crippen LogP contribution in [0.15, 0.2) is 35.7 Å². The molecule has 7 heteroatoms. The highest BCUT2D eigenvalue weighted by Gasteiger charge is 2.34. The number of carboxylic acids is 1. The zero-order valence-electron chi connectivity index (χ0n) is 12.3. The number of nitrogens with zero attached hydrogens (tertiary/aromatic N) is 2. The summed E-state index contributed by atoms with van der Waals surface area (Å²) >= 11 is 1.41. The van der Waals surface area contributed by atoms with Crippen LogP contribution in [0.3, 0.4) is 0 Å². The molecule has 6 nitrogen and oxygen atoms in total. The van der Waals surface area contributed by atoms with Gasteiger partial charge in [-0.15, -0.1) is 11.3 Å². The standard InChI is InChI=1S/C16H16N2O4S/c19-15(18-6-7-22-9-13(18)16(20)21)12-10-23-14(17-12)8-11-4-2-1-3-5-11/h1-5,10,13H,6-9H2,(H,20,21)/t13-/m1/s1. The van der Waals surface area contributed by atoms with Gasteiger partial charge in [0, 0.05) is 18.3 Å². The number of thiazole rings is 1. The summed E-state index contributed by atoms with van der Waals surface area (Å²) in [5, 5.41) is 11.7. The predicted molar refractivity (Wildman–Crippen MR) is 84.6 cm³/mol. The average Bonchev–Trinajstić information content (AvgIpc) is 3.03. The molecule has 2 aromatic rings. The fourth-order valence-corrected chi connectivity index (χ4v) is 3.26. The van der Waals surface area contributed by atoms with E-state index < -0.39 is 12.0 Å². The molecule has 0 spiro atoms. The summed E-state index contributed by atoms with van der Waals surface area (Å²) in [7, 11) is 0. The lowest BCUT2D eigenvalue weighted by Crippen LogP contribution is -2.52. The maximum absolute atomic E-state index is 12.5. The van der Waals surface area contributed by atoms with Crippen molar-refractivity contribution in [3.63, 3.8) is 0 Å². The van der Waals surface area contributed by atoms with Gasteiger partial charge in [-0.05, 0) is 5.56 Å². The van der Waals surface area contributed by atoms with Gasteiger partial charge >= 0.3 is 5.97 Å². The van der Waals surface area contributed by atoms with Crippen LogP contribution in [0.1, 0.15) is 21.1 Å². The molecule has 0 aliphatic carbocycles. The summed E-state index contributed by atoms with van der Waals surface area (Å²) in [5.41, 5.74) is 1.42. The third-order valence-electron chi connectivity index (χ3n) is 3.64. The van der Waals surface area contributed by atoms with E-state index in [1.165, 1.54) is 16.2 Å². The second-order valence-electron chi connectivity index (χ2n) is 5.22. The van der Waals surface area contributed by atoms with Crippen molar-refractivity contribution in [3.05, 3.63) is 52.0 Å². The molecule has 1 aromatic carbocycles. The SMILES string of the molecule is O=C(O)[C@H]1COCCN1C(=O)c1csc(Cc2ccccc2)n1. The highest BCUT2D eigenvalue weighted by Crippen LogP contribution is 2.18. The molecule has 23 heavy (non-hydrogen) atoms. The maximum atomic E-state index is 12.5. The van der Waals surface area contributed by atoms with Gasteiger partial charge in [0.05, 0.1) is 18.2 Å². The summed E-state index contributed by atoms with van der Waals surface area (Å²) in [6, 6.07) is 8.93. The highest BCUT2D eigenvalue weighted by molar-refractivity contribution is 7.09. The summed E-state index contributed by atoms with van der Waals surface area (Å²) < 4.78 is 5.15. The molecule has 1 N–H and O–H groups in total. The molecule has 0 saturated carbocycles. The van der Waals surface area contributed by atoms with E-state index in [-0.39, 0.29) is 19.1 Å². The quantitative estimate of drug-likeness (QED) is 0.921. The average molecular weight is 332 g/mol. The molecule has 1 aliphatic heterocycles. The number of carbonyl (C=O) groups excluding carboxylic acids is 1. The number of hydrogen-bond acceptors (Lipinski definition) is 5. The zero-order valence-corrected chi connectivity index (χ0v) is 13.2. The van der Waals surface area contributed by atoms with Crippen molar-refractivity contribution in [3.8, 4) is 0 Å². The lowest BCUT2D eigenvalue weighted by atomic mass is 10.2. The number of carboxylic acid groups (broad SMARTS) is 1. The van der Waals surface area contributed by atoms with Crippen LogP contribution in [0.2, 0.25) is 0 Å². The van der Waals surface area contributed by atoms with Crippen molar-refractivity contribution in [2.24, 2.45) is 0 Å². The molecule has 0 bridgehead atoms. The van der Waals surface area contributed by atoms with Crippen molar-refractivity contribution >= 4 is 23.2 Å². The Morgan fingerprint density at radius 3 is 2.87 bits per heavy atom. The molecule has 0 unspecified atom stereocenters. The third kappa shape index (κ3) is 3.57. The van der Waals surface area contributed by atoms with Gasteiger partial charge < -0.3 is 14.7 Å². The first-order valence-electron chi connectivity index (χ1n) is 7.25. The lowest BCUT2D eigenvalue weighted by Gasteiger charge is -2.32. The Labute approximate surface area is 137 Å². The van der Waals surface area contributed by atoms with Gasteiger partial charge in [0.1, 0.15) is 5.69 Å². The topological polar surface area (TPSA) is 79.7 Å². The van der Waals surface area contributed by atoms with Crippen molar-refractivity contribution < 1.29 is 19.4 Å². The van der Waals surface area contributed by atoms with Crippen molar-refractivity contribution in [1.29, 1.82) is 0 Å². The monoisotopic (exact) mass is 332 g/mol. The first-order chi connectivity index (χ1) is 11.1. The molecule has 2 heterocycles. The van der Waals surface area contributed by atoms with Crippen LogP contribution >= 0.6 is 11.3 Å². The molecule has 1 atom stereocenters. The van der Waals surface area contributed by atoms with Gasteiger partial charge in [0.25, 0.3) is 5.91 Å². The number of amides is 1. The molecule has 1 aromatic heterocycles. The van der Waals surface area contributed by atoms with Crippen LogP contribution in [0.4, 0.5) is 0 Å². The van der Waals surface area contributed by atoms with Crippen molar-refractivity contribution in [1.82, 2.24) is 9.88 Å². The maximum Gasteiger partial charge on any atom is 0.328 e. The van der Waals surface area contributed by atoms with Gasteiger partial charge in [-0.1, -0.05) is 30.3 Å². The number of morpholine rings is 1. The van der Waals surface area contributed by atoms with E-state index in [4.69, 9.17) is 4.74 Å². The zero-order chi connectivity index (χ0) is 16.2. The summed E-state index contributed by atoms with van der Waals surface area (Å²) in [4.78, 5) is 29.5. The van der Waals surface area contributed by atoms with E-state index in [9.17, 15) is 14.7 Å². The minimum atomic E-state index is -1.06. The predicted octanol–water partition coefficient (Wildman–Crippen LogP) is 1.66. The highest BCUT2D eigenvalue weighted by atomic mass is 32.1. The van der Waals surface area contributed by atoms with Crippen LogP contribution in [-0.2, 0) is 16.0 Å². The molecular weight excluding hydrogens is 316 g/mol. The number of ether oxygens (including phenoxy) is 1. The Kier molecular flexibility index (Phi) is 4.68.